The number of fused-ring (bicyclic) bond motifs is 4. The average molecular weight is 1680 g/mol. The molecule has 12 aromatic rings. The number of aromatic nitrogens is 5. The molecule has 504 valence electrons. The zero-order valence-electron chi connectivity index (χ0n) is 59.7. The third kappa shape index (κ3) is 21.2. The third-order valence-corrected chi connectivity index (χ3v) is 15.0. The first-order valence-electron chi connectivity index (χ1n) is 32.4. The number of nitrogens with zero attached hydrogens (tertiary/aromatic N) is 5. The summed E-state index contributed by atoms with van der Waals surface area (Å²) in [7, 11) is -3.84. The molecule has 0 aliphatic carbocycles. The SMILES string of the molecule is CC1(C)c2ccccc2Oc2c(-c3ccccn3)[c-]ccc21.CC1(C)c2ccccc2Oc2c(-c3ccccn3)cccc21.CO.CO.Cc1ccc(-c2[c-]cccc2)nc1.O=S(=O)(O)C(F)(F)F.[2H]C([2H])([2H])c1ccc(-c2[c-]cccc2)nc1.[2H]C([2H])([2H])c1ccc(-c2[c-]cccc2)nc1.[Ir].[Ir]. The van der Waals surface area contributed by atoms with Gasteiger partial charge in [0.25, 0.3) is 0 Å². The zero-order valence-corrected chi connectivity index (χ0v) is 59.3. The van der Waals surface area contributed by atoms with Crippen LogP contribution in [-0.4, -0.2) is 67.8 Å². The Labute approximate surface area is 602 Å². The van der Waals surface area contributed by atoms with Crippen molar-refractivity contribution in [3.63, 3.8) is 0 Å². The summed E-state index contributed by atoms with van der Waals surface area (Å²) in [6, 6.07) is 84.6. The Morgan fingerprint density at radius 1 is 0.423 bits per heavy atom. The molecule has 0 fully saturated rings. The van der Waals surface area contributed by atoms with Crippen molar-refractivity contribution in [1.29, 1.82) is 0 Å². The summed E-state index contributed by atoms with van der Waals surface area (Å²) in [6.45, 7) is 6.80. The molecule has 7 heterocycles. The van der Waals surface area contributed by atoms with Gasteiger partial charge in [0.2, 0.25) is 0 Å². The van der Waals surface area contributed by atoms with Gasteiger partial charge in [0.15, 0.2) is 0 Å². The van der Waals surface area contributed by atoms with E-state index < -0.39 is 29.3 Å². The predicted molar refractivity (Wildman–Crippen MR) is 369 cm³/mol. The molecule has 97 heavy (non-hydrogen) atoms. The molecule has 0 bridgehead atoms. The Kier molecular flexibility index (Phi) is 26.6. The maximum atomic E-state index is 10.7. The van der Waals surface area contributed by atoms with E-state index in [0.717, 1.165) is 93.5 Å². The minimum absolute atomic E-state index is 0. The van der Waals surface area contributed by atoms with E-state index in [0.29, 0.717) is 0 Å². The zero-order chi connectivity index (χ0) is 73.6. The van der Waals surface area contributed by atoms with E-state index in [9.17, 15) is 13.2 Å². The van der Waals surface area contributed by atoms with Crippen LogP contribution in [0.15, 0.2) is 255 Å². The van der Waals surface area contributed by atoms with Crippen LogP contribution < -0.4 is 9.47 Å². The Bertz CT molecular complexity index is 4440. The Morgan fingerprint density at radius 2 is 0.804 bits per heavy atom. The molecule has 0 saturated heterocycles. The third-order valence-electron chi connectivity index (χ3n) is 14.4. The number of hydrogen-bond acceptors (Lipinski definition) is 11. The number of aryl methyl sites for hydroxylation is 3. The molecule has 0 saturated carbocycles. The molecule has 3 N–H and O–H groups in total. The number of ether oxygens (including phenoxy) is 2. The van der Waals surface area contributed by atoms with Crippen molar-refractivity contribution in [2.75, 3.05) is 14.2 Å². The summed E-state index contributed by atoms with van der Waals surface area (Å²) >= 11 is 0. The van der Waals surface area contributed by atoms with Gasteiger partial charge in [-0.15, -0.1) is 126 Å². The van der Waals surface area contributed by atoms with Gasteiger partial charge >= 0.3 is 15.6 Å². The van der Waals surface area contributed by atoms with E-state index in [1.165, 1.54) is 40.2 Å². The maximum Gasteiger partial charge on any atom is 0.522 e. The second-order valence-electron chi connectivity index (χ2n) is 21.5. The molecule has 18 heteroatoms. The number of rotatable bonds is 5. The van der Waals surface area contributed by atoms with Crippen molar-refractivity contribution in [2.24, 2.45) is 0 Å². The topological polar surface area (TPSA) is 178 Å². The van der Waals surface area contributed by atoms with Gasteiger partial charge in [-0.3, -0.25) is 9.54 Å². The van der Waals surface area contributed by atoms with Crippen molar-refractivity contribution in [2.45, 2.75) is 64.7 Å². The minimum Gasteiger partial charge on any atom is -0.501 e. The van der Waals surface area contributed by atoms with Gasteiger partial charge in [-0.25, -0.2) is 0 Å². The van der Waals surface area contributed by atoms with Gasteiger partial charge in [-0.2, -0.15) is 21.6 Å². The largest absolute Gasteiger partial charge is 0.522 e. The molecule has 2 radical (unpaired) electrons. The van der Waals surface area contributed by atoms with Crippen LogP contribution in [0.1, 0.15) is 74.9 Å². The molecule has 5 aromatic heterocycles. The summed E-state index contributed by atoms with van der Waals surface area (Å²) in [5, 5.41) is 14.0. The molecular weight excluding hydrogens is 1600 g/mol. The Hall–Kier alpha value is -9.19. The number of para-hydroxylation sites is 3. The molecular formula is C79H72F3Ir2N5O7S-4. The molecule has 7 aromatic carbocycles. The maximum absolute atomic E-state index is 10.7. The van der Waals surface area contributed by atoms with E-state index >= 15 is 0 Å². The van der Waals surface area contributed by atoms with E-state index in [1.54, 1.807) is 42.6 Å². The van der Waals surface area contributed by atoms with Gasteiger partial charge in [-0.1, -0.05) is 142 Å². The summed E-state index contributed by atoms with van der Waals surface area (Å²) in [5.41, 5.74) is 9.76. The van der Waals surface area contributed by atoms with Crippen molar-refractivity contribution in [1.82, 2.24) is 24.9 Å². The van der Waals surface area contributed by atoms with Crippen LogP contribution in [0.5, 0.6) is 23.0 Å². The quantitative estimate of drug-likeness (QED) is 0.0845. The first kappa shape index (κ1) is 69.2. The monoisotopic (exact) mass is 1680 g/mol. The van der Waals surface area contributed by atoms with E-state index in [1.807, 2.05) is 153 Å². The first-order chi connectivity index (χ1) is 48.1. The summed E-state index contributed by atoms with van der Waals surface area (Å²) in [6.07, 6.45) is 8.27. The van der Waals surface area contributed by atoms with Crippen LogP contribution in [0.4, 0.5) is 13.2 Å². The average Bonchev–Trinajstić information content (AvgIpc) is 0.747. The minimum atomic E-state index is -5.84. The van der Waals surface area contributed by atoms with Gasteiger partial charge in [0.1, 0.15) is 17.2 Å². The number of aliphatic hydroxyl groups excluding tert-OH is 2. The normalized spacial score (nSPS) is 13.1. The predicted octanol–water partition coefficient (Wildman–Crippen LogP) is 18.3. The second-order valence-corrected chi connectivity index (χ2v) is 22.9. The van der Waals surface area contributed by atoms with Crippen molar-refractivity contribution >= 4 is 10.1 Å². The van der Waals surface area contributed by atoms with Crippen molar-refractivity contribution < 1.29 is 94.3 Å². The fourth-order valence-corrected chi connectivity index (χ4v) is 9.69. The number of pyridine rings is 5. The standard InChI is InChI=1S/C20H17NO.C20H16NO.3C12H10N.CHF3O3S.2CH4O.2Ir/c2*1-20(2)15-9-3-4-12-18(15)22-19-14(8-7-10-16(19)20)17-11-5-6-13-21-17;3*1-10-7-8-12(13-9-10)11-5-3-2-4-6-11;2-1(3,4)8(5,6)7;2*1-2;;/h3-13H,1-2H3;3-7,9-13H,1-2H3;3*2-5,7-9H,1H3;(H,5,6,7);2*2H,1H3;;/q;4*-1;;;;;/i;;2*1D3;;;;;;. The number of hydrogen-bond donors (Lipinski definition) is 3. The summed E-state index contributed by atoms with van der Waals surface area (Å²) in [4.78, 5) is 21.5. The van der Waals surface area contributed by atoms with Crippen LogP contribution in [0.3, 0.4) is 0 Å². The summed E-state index contributed by atoms with van der Waals surface area (Å²) in [5.74, 6) is 3.63. The van der Waals surface area contributed by atoms with Crippen LogP contribution in [-0.2, 0) is 61.2 Å². The van der Waals surface area contributed by atoms with Gasteiger partial charge < -0.3 is 39.6 Å². The van der Waals surface area contributed by atoms with Crippen LogP contribution in [0.2, 0.25) is 0 Å². The van der Waals surface area contributed by atoms with Crippen LogP contribution in [0.25, 0.3) is 56.3 Å². The molecule has 2 aliphatic heterocycles. The number of benzene rings is 7. The molecule has 0 atom stereocenters. The fourth-order valence-electron chi connectivity index (χ4n) is 9.69. The van der Waals surface area contributed by atoms with Gasteiger partial charge in [-0.05, 0) is 96.5 Å². The van der Waals surface area contributed by atoms with Crippen molar-refractivity contribution in [3.05, 3.63) is 319 Å². The molecule has 12 nitrogen and oxygen atoms in total. The molecule has 0 spiro atoms. The number of halogens is 3. The van der Waals surface area contributed by atoms with Crippen LogP contribution in [0, 0.1) is 44.9 Å². The van der Waals surface area contributed by atoms with E-state index in [4.69, 9.17) is 40.9 Å². The molecule has 14 rings (SSSR count). The van der Waals surface area contributed by atoms with Gasteiger partial charge in [0, 0.05) is 132 Å². The second kappa shape index (κ2) is 37.4. The Balaban J connectivity index is 0.000000224. The van der Waals surface area contributed by atoms with Crippen LogP contribution >= 0.6 is 0 Å². The van der Waals surface area contributed by atoms with E-state index in [2.05, 4.69) is 131 Å². The smallest absolute Gasteiger partial charge is 0.501 e. The number of alkyl halides is 3. The first-order valence-corrected chi connectivity index (χ1v) is 30.8. The van der Waals surface area contributed by atoms with Gasteiger partial charge in [0.05, 0.1) is 5.69 Å². The molecule has 0 amide bonds. The molecule has 0 unspecified atom stereocenters. The van der Waals surface area contributed by atoms with Crippen molar-refractivity contribution in [3.8, 4) is 79.3 Å². The fraction of sp³-hybridized carbons (Fsp3) is 0.152. The Morgan fingerprint density at radius 3 is 1.19 bits per heavy atom. The number of aliphatic hydroxyl groups is 2. The summed E-state index contributed by atoms with van der Waals surface area (Å²) < 4.78 is 113. The van der Waals surface area contributed by atoms with E-state index in [-0.39, 0.29) is 62.2 Å². The molecule has 2 aliphatic rings.